The van der Waals surface area contributed by atoms with Gasteiger partial charge in [-0.1, -0.05) is 0 Å². The molecular formula is C15H18N4OS. The van der Waals surface area contributed by atoms with Crippen LogP contribution in [0, 0.1) is 0 Å². The van der Waals surface area contributed by atoms with Gasteiger partial charge in [0.15, 0.2) is 5.82 Å². The van der Waals surface area contributed by atoms with Crippen molar-refractivity contribution in [3.63, 3.8) is 0 Å². The summed E-state index contributed by atoms with van der Waals surface area (Å²) in [5.41, 5.74) is 5.16. The minimum Gasteiger partial charge on any atom is -0.300 e. The molecule has 1 N–H and O–H groups in total. The van der Waals surface area contributed by atoms with Crippen LogP contribution in [-0.4, -0.2) is 21.5 Å². The molecule has 1 aliphatic rings. The number of nitrogens with one attached hydrogen (secondary N) is 1. The average molecular weight is 302 g/mol. The van der Waals surface area contributed by atoms with Crippen LogP contribution in [0.3, 0.4) is 0 Å². The molecular weight excluding hydrogens is 284 g/mol. The molecule has 0 spiro atoms. The fraction of sp³-hybridized carbons (Fsp3) is 0.467. The van der Waals surface area contributed by atoms with E-state index in [-0.39, 0.29) is 5.78 Å². The lowest BCUT2D eigenvalue weighted by Crippen LogP contribution is -2.05. The summed E-state index contributed by atoms with van der Waals surface area (Å²) >= 11 is 1.77. The monoisotopic (exact) mass is 302 g/mol. The number of carbonyl (C=O) groups is 1. The summed E-state index contributed by atoms with van der Waals surface area (Å²) in [6.07, 6.45) is 6.65. The topological polar surface area (TPSA) is 67.2 Å². The zero-order valence-electron chi connectivity index (χ0n) is 12.3. The van der Waals surface area contributed by atoms with Gasteiger partial charge in [-0.15, -0.1) is 11.3 Å². The molecule has 0 amide bonds. The minimum absolute atomic E-state index is 0.110. The van der Waals surface area contributed by atoms with E-state index in [9.17, 15) is 4.79 Å². The lowest BCUT2D eigenvalue weighted by atomic mass is 9.97. The van der Waals surface area contributed by atoms with Crippen LogP contribution in [-0.2, 0) is 17.6 Å². The molecule has 0 radical (unpaired) electrons. The number of rotatable bonds is 4. The van der Waals surface area contributed by atoms with Crippen molar-refractivity contribution < 1.29 is 4.79 Å². The second kappa shape index (κ2) is 5.89. The van der Waals surface area contributed by atoms with Gasteiger partial charge in [-0.05, 0) is 45.1 Å². The highest BCUT2D eigenvalue weighted by Crippen LogP contribution is 2.38. The third kappa shape index (κ3) is 2.95. The molecule has 5 nitrogen and oxygen atoms in total. The summed E-state index contributed by atoms with van der Waals surface area (Å²) in [7, 11) is 0. The van der Waals surface area contributed by atoms with Gasteiger partial charge in [0.2, 0.25) is 0 Å². The number of hydrazone groups is 1. The van der Waals surface area contributed by atoms with E-state index < -0.39 is 0 Å². The molecule has 0 aromatic carbocycles. The van der Waals surface area contributed by atoms with Crippen LogP contribution >= 0.6 is 11.3 Å². The van der Waals surface area contributed by atoms with E-state index in [1.54, 1.807) is 24.6 Å². The summed E-state index contributed by atoms with van der Waals surface area (Å²) < 4.78 is 0. The Morgan fingerprint density at radius 3 is 2.95 bits per heavy atom. The maximum absolute atomic E-state index is 11.1. The van der Waals surface area contributed by atoms with Gasteiger partial charge >= 0.3 is 0 Å². The Kier molecular flexibility index (Phi) is 3.96. The van der Waals surface area contributed by atoms with Crippen LogP contribution in [0.15, 0.2) is 11.4 Å². The molecule has 0 fully saturated rings. The fourth-order valence-electron chi connectivity index (χ4n) is 2.72. The zero-order chi connectivity index (χ0) is 14.8. The highest BCUT2D eigenvalue weighted by molar-refractivity contribution is 7.19. The van der Waals surface area contributed by atoms with E-state index in [1.807, 2.05) is 6.92 Å². The quantitative estimate of drug-likeness (QED) is 0.695. The first-order chi connectivity index (χ1) is 10.1. The molecule has 0 saturated heterocycles. The number of fused-ring (bicyclic) bond motifs is 3. The minimum atomic E-state index is 0.110. The molecule has 2 aromatic rings. The number of thiophene rings is 1. The van der Waals surface area contributed by atoms with Crippen molar-refractivity contribution in [2.75, 3.05) is 5.43 Å². The number of aromatic nitrogens is 2. The molecule has 2 aromatic heterocycles. The number of ketones is 1. The molecule has 0 bridgehead atoms. The van der Waals surface area contributed by atoms with Crippen molar-refractivity contribution in [3.8, 4) is 0 Å². The molecule has 0 unspecified atom stereocenters. The van der Waals surface area contributed by atoms with Crippen molar-refractivity contribution in [1.29, 1.82) is 0 Å². The SMILES string of the molecule is CC(=O)C/C(C)=N/Nc1ncnc2sc3c(c12)CCCC3. The second-order valence-electron chi connectivity index (χ2n) is 5.45. The largest absolute Gasteiger partial charge is 0.300 e. The second-order valence-corrected chi connectivity index (χ2v) is 6.53. The first kappa shape index (κ1) is 14.1. The van der Waals surface area contributed by atoms with Crippen molar-refractivity contribution in [3.05, 3.63) is 16.8 Å². The molecule has 1 aliphatic carbocycles. The summed E-state index contributed by atoms with van der Waals surface area (Å²) in [5.74, 6) is 0.862. The van der Waals surface area contributed by atoms with Crippen LogP contribution < -0.4 is 5.43 Å². The maximum atomic E-state index is 11.1. The summed E-state index contributed by atoms with van der Waals surface area (Å²) in [5, 5.41) is 5.38. The van der Waals surface area contributed by atoms with E-state index in [0.29, 0.717) is 6.42 Å². The van der Waals surface area contributed by atoms with Gasteiger partial charge in [0.05, 0.1) is 5.39 Å². The lowest BCUT2D eigenvalue weighted by molar-refractivity contribution is -0.115. The Labute approximate surface area is 127 Å². The van der Waals surface area contributed by atoms with E-state index in [0.717, 1.165) is 34.6 Å². The average Bonchev–Trinajstić information content (AvgIpc) is 2.83. The van der Waals surface area contributed by atoms with Crippen molar-refractivity contribution >= 4 is 38.9 Å². The van der Waals surface area contributed by atoms with Crippen LogP contribution in [0.2, 0.25) is 0 Å². The number of hydrogen-bond donors (Lipinski definition) is 1. The summed E-state index contributed by atoms with van der Waals surface area (Å²) in [4.78, 5) is 22.3. The Morgan fingerprint density at radius 1 is 1.33 bits per heavy atom. The molecule has 0 atom stereocenters. The molecule has 3 rings (SSSR count). The number of hydrogen-bond acceptors (Lipinski definition) is 6. The van der Waals surface area contributed by atoms with Gasteiger partial charge in [0.25, 0.3) is 0 Å². The Balaban J connectivity index is 1.95. The fourth-order valence-corrected chi connectivity index (χ4v) is 3.95. The van der Waals surface area contributed by atoms with E-state index in [2.05, 4.69) is 20.5 Å². The highest BCUT2D eigenvalue weighted by Gasteiger charge is 2.19. The summed E-state index contributed by atoms with van der Waals surface area (Å²) in [6.45, 7) is 3.41. The third-order valence-electron chi connectivity index (χ3n) is 3.61. The van der Waals surface area contributed by atoms with Crippen molar-refractivity contribution in [1.82, 2.24) is 9.97 Å². The molecule has 21 heavy (non-hydrogen) atoms. The predicted molar refractivity (Wildman–Crippen MR) is 86.1 cm³/mol. The van der Waals surface area contributed by atoms with Gasteiger partial charge in [0.1, 0.15) is 16.9 Å². The summed E-state index contributed by atoms with van der Waals surface area (Å²) in [6, 6.07) is 0. The highest BCUT2D eigenvalue weighted by atomic mass is 32.1. The lowest BCUT2D eigenvalue weighted by Gasteiger charge is -2.11. The van der Waals surface area contributed by atoms with Crippen molar-refractivity contribution in [2.45, 2.75) is 46.0 Å². The smallest absolute Gasteiger partial charge is 0.158 e. The van der Waals surface area contributed by atoms with Gasteiger partial charge in [-0.2, -0.15) is 5.10 Å². The number of aryl methyl sites for hydroxylation is 2. The number of carbonyl (C=O) groups excluding carboxylic acids is 1. The third-order valence-corrected chi connectivity index (χ3v) is 4.81. The normalized spacial score (nSPS) is 15.0. The van der Waals surface area contributed by atoms with Crippen LogP contribution in [0.25, 0.3) is 10.2 Å². The van der Waals surface area contributed by atoms with Gasteiger partial charge in [-0.3, -0.25) is 10.2 Å². The molecule has 6 heteroatoms. The predicted octanol–water partition coefficient (Wildman–Crippen LogP) is 3.34. The van der Waals surface area contributed by atoms with Gasteiger partial charge in [-0.25, -0.2) is 9.97 Å². The number of Topliss-reactive ketones (excluding diaryl/α,β-unsaturated/α-hetero) is 1. The van der Waals surface area contributed by atoms with Gasteiger partial charge < -0.3 is 0 Å². The molecule has 2 heterocycles. The van der Waals surface area contributed by atoms with Crippen molar-refractivity contribution in [2.24, 2.45) is 5.10 Å². The molecule has 0 saturated carbocycles. The Bertz CT molecular complexity index is 720. The Hall–Kier alpha value is -1.82. The van der Waals surface area contributed by atoms with Gasteiger partial charge in [0, 0.05) is 17.0 Å². The first-order valence-corrected chi connectivity index (χ1v) is 8.00. The maximum Gasteiger partial charge on any atom is 0.158 e. The van der Waals surface area contributed by atoms with E-state index in [4.69, 9.17) is 0 Å². The zero-order valence-corrected chi connectivity index (χ0v) is 13.1. The van der Waals surface area contributed by atoms with Crippen LogP contribution in [0.5, 0.6) is 0 Å². The van der Waals surface area contributed by atoms with Crippen LogP contribution in [0.4, 0.5) is 5.82 Å². The number of anilines is 1. The standard InChI is InChI=1S/C15H18N4OS/c1-9(7-10(2)20)18-19-14-13-11-5-3-4-6-12(11)21-15(13)17-8-16-14/h8H,3-7H2,1-2H3,(H,16,17,19)/b18-9+. The Morgan fingerprint density at radius 2 is 2.14 bits per heavy atom. The van der Waals surface area contributed by atoms with E-state index >= 15 is 0 Å². The molecule has 0 aliphatic heterocycles. The van der Waals surface area contributed by atoms with Crippen LogP contribution in [0.1, 0.15) is 43.6 Å². The first-order valence-electron chi connectivity index (χ1n) is 7.19. The molecule has 110 valence electrons. The number of nitrogens with zero attached hydrogens (tertiary/aromatic N) is 3. The van der Waals surface area contributed by atoms with E-state index in [1.165, 1.54) is 23.3 Å².